The molecule has 0 N–H and O–H groups in total. The van der Waals surface area contributed by atoms with Crippen LogP contribution in [0.4, 0.5) is 0 Å². The number of aromatic nitrogens is 6. The largest absolute Gasteiger partial charge is 0.309 e. The van der Waals surface area contributed by atoms with Gasteiger partial charge in [-0.2, -0.15) is 0 Å². The van der Waals surface area contributed by atoms with Crippen molar-refractivity contribution in [3.63, 3.8) is 0 Å². The fourth-order valence-corrected chi connectivity index (χ4v) is 12.5. The number of rotatable bonds is 4. The van der Waals surface area contributed by atoms with Gasteiger partial charge >= 0.3 is 0 Å². The average molecular weight is 885 g/mol. The van der Waals surface area contributed by atoms with Crippen LogP contribution in [0.3, 0.4) is 0 Å². The van der Waals surface area contributed by atoms with Crippen molar-refractivity contribution in [2.24, 2.45) is 0 Å². The third-order valence-corrected chi connectivity index (χ3v) is 15.6. The lowest BCUT2D eigenvalue weighted by molar-refractivity contribution is 0.630. The third-order valence-electron chi connectivity index (χ3n) is 15.6. The Bertz CT molecular complexity index is 4240. The normalized spacial score (nSPS) is 14.3. The molecule has 0 saturated carbocycles. The maximum absolute atomic E-state index is 5.32. The van der Waals surface area contributed by atoms with Crippen LogP contribution in [-0.4, -0.2) is 28.7 Å². The minimum Gasteiger partial charge on any atom is -0.309 e. The van der Waals surface area contributed by atoms with Crippen LogP contribution in [0.1, 0.15) is 49.9 Å². The molecule has 13 aromatic rings. The quantitative estimate of drug-likeness (QED) is 0.177. The molecule has 9 aromatic carbocycles. The molecule has 0 spiro atoms. The van der Waals surface area contributed by atoms with Crippen LogP contribution >= 0.6 is 0 Å². The van der Waals surface area contributed by atoms with Crippen molar-refractivity contribution in [1.82, 2.24) is 28.7 Å². The number of hydrogen-bond acceptors (Lipinski definition) is 3. The molecule has 0 fully saturated rings. The molecule has 0 bridgehead atoms. The molecule has 4 aromatic heterocycles. The first kappa shape index (κ1) is 38.5. The molecule has 15 rings (SSSR count). The minimum absolute atomic E-state index is 0.343. The summed E-state index contributed by atoms with van der Waals surface area (Å²) in [5.41, 5.74) is 18.2. The zero-order chi connectivity index (χ0) is 45.9. The van der Waals surface area contributed by atoms with E-state index in [0.717, 1.165) is 22.4 Å². The SMILES string of the molecule is CC1(C)c2ccccc2-n2c3ccc(-n4c5ccccc5c5ccccc54)cc3c3cc4c(c1c32)c1cc(-c2nc(-c3ccccc3)nc(-c3ccccc3)n2)cc2c1n4-c1ccccc1C2(C)C. The second kappa shape index (κ2) is 13.5. The number of fused-ring (bicyclic) bond motifs is 14. The van der Waals surface area contributed by atoms with Crippen molar-refractivity contribution in [1.29, 1.82) is 0 Å². The van der Waals surface area contributed by atoms with Gasteiger partial charge in [-0.3, -0.25) is 0 Å². The summed E-state index contributed by atoms with van der Waals surface area (Å²) in [4.78, 5) is 15.7. The van der Waals surface area contributed by atoms with E-state index in [0.29, 0.717) is 17.5 Å². The molecule has 0 radical (unpaired) electrons. The third kappa shape index (κ3) is 5.07. The lowest BCUT2D eigenvalue weighted by Crippen LogP contribution is -2.26. The van der Waals surface area contributed by atoms with Crippen molar-refractivity contribution < 1.29 is 0 Å². The van der Waals surface area contributed by atoms with E-state index < -0.39 is 0 Å². The maximum Gasteiger partial charge on any atom is 0.164 e. The Morgan fingerprint density at radius 1 is 0.333 bits per heavy atom. The highest BCUT2D eigenvalue weighted by molar-refractivity contribution is 6.24. The molecule has 326 valence electrons. The van der Waals surface area contributed by atoms with E-state index in [2.05, 4.69) is 199 Å². The van der Waals surface area contributed by atoms with Crippen LogP contribution < -0.4 is 0 Å². The molecule has 0 aliphatic carbocycles. The molecule has 2 aliphatic rings. The predicted molar refractivity (Wildman–Crippen MR) is 283 cm³/mol. The highest BCUT2D eigenvalue weighted by Crippen LogP contribution is 2.56. The molecule has 69 heavy (non-hydrogen) atoms. The monoisotopic (exact) mass is 884 g/mol. The van der Waals surface area contributed by atoms with Crippen LogP contribution in [0.5, 0.6) is 0 Å². The molecule has 6 heteroatoms. The summed E-state index contributed by atoms with van der Waals surface area (Å²) >= 11 is 0. The average Bonchev–Trinajstić information content (AvgIpc) is 4.03. The van der Waals surface area contributed by atoms with Gasteiger partial charge in [0, 0.05) is 65.5 Å². The Morgan fingerprint density at radius 2 is 0.841 bits per heavy atom. The first-order chi connectivity index (χ1) is 33.8. The van der Waals surface area contributed by atoms with Crippen molar-refractivity contribution in [3.8, 4) is 51.2 Å². The summed E-state index contributed by atoms with van der Waals surface area (Å²) in [7, 11) is 0. The minimum atomic E-state index is -0.374. The summed E-state index contributed by atoms with van der Waals surface area (Å²) < 4.78 is 7.58. The lowest BCUT2D eigenvalue weighted by Gasteiger charge is -2.35. The fraction of sp³-hybridized carbons (Fsp3) is 0.0952. The summed E-state index contributed by atoms with van der Waals surface area (Å²) in [5, 5.41) is 7.46. The second-order valence-corrected chi connectivity index (χ2v) is 20.0. The molecule has 0 unspecified atom stereocenters. The fourth-order valence-electron chi connectivity index (χ4n) is 12.5. The highest BCUT2D eigenvalue weighted by atomic mass is 15.1. The van der Waals surface area contributed by atoms with Gasteiger partial charge in [0.25, 0.3) is 0 Å². The Morgan fingerprint density at radius 3 is 1.46 bits per heavy atom. The van der Waals surface area contributed by atoms with Crippen LogP contribution in [0.25, 0.3) is 117 Å². The van der Waals surface area contributed by atoms with E-state index in [1.807, 2.05) is 36.4 Å². The van der Waals surface area contributed by atoms with Crippen molar-refractivity contribution >= 4 is 65.4 Å². The van der Waals surface area contributed by atoms with Gasteiger partial charge in [0.15, 0.2) is 17.5 Å². The Balaban J connectivity index is 1.10. The van der Waals surface area contributed by atoms with Crippen molar-refractivity contribution in [2.45, 2.75) is 38.5 Å². The van der Waals surface area contributed by atoms with Gasteiger partial charge in [0.2, 0.25) is 0 Å². The van der Waals surface area contributed by atoms with Crippen molar-refractivity contribution in [3.05, 3.63) is 216 Å². The number of para-hydroxylation sites is 4. The van der Waals surface area contributed by atoms with Gasteiger partial charge < -0.3 is 13.7 Å². The van der Waals surface area contributed by atoms with Crippen LogP contribution in [0.2, 0.25) is 0 Å². The van der Waals surface area contributed by atoms with Gasteiger partial charge in [-0.15, -0.1) is 0 Å². The van der Waals surface area contributed by atoms with E-state index in [1.165, 1.54) is 99.0 Å². The van der Waals surface area contributed by atoms with Gasteiger partial charge in [0.05, 0.1) is 44.5 Å². The molecule has 0 amide bonds. The predicted octanol–water partition coefficient (Wildman–Crippen LogP) is 15.4. The van der Waals surface area contributed by atoms with Crippen LogP contribution in [0, 0.1) is 0 Å². The smallest absolute Gasteiger partial charge is 0.164 e. The number of nitrogens with zero attached hydrogens (tertiary/aromatic N) is 6. The maximum atomic E-state index is 5.32. The molecular weight excluding hydrogens is 841 g/mol. The number of hydrogen-bond donors (Lipinski definition) is 0. The van der Waals surface area contributed by atoms with Crippen molar-refractivity contribution in [2.75, 3.05) is 0 Å². The Hall–Kier alpha value is -8.61. The first-order valence-electron chi connectivity index (χ1n) is 24.0. The second-order valence-electron chi connectivity index (χ2n) is 20.0. The van der Waals surface area contributed by atoms with E-state index in [9.17, 15) is 0 Å². The molecule has 0 saturated heterocycles. The van der Waals surface area contributed by atoms with Gasteiger partial charge in [-0.05, 0) is 82.9 Å². The summed E-state index contributed by atoms with van der Waals surface area (Å²) in [5.74, 6) is 1.96. The van der Waals surface area contributed by atoms with E-state index in [4.69, 9.17) is 15.0 Å². The van der Waals surface area contributed by atoms with Gasteiger partial charge in [-0.1, -0.05) is 161 Å². The lowest BCUT2D eigenvalue weighted by atomic mass is 9.72. The first-order valence-corrected chi connectivity index (χ1v) is 24.0. The zero-order valence-electron chi connectivity index (χ0n) is 38.7. The molecule has 2 aliphatic heterocycles. The van der Waals surface area contributed by atoms with Crippen LogP contribution in [-0.2, 0) is 10.8 Å². The van der Waals surface area contributed by atoms with E-state index >= 15 is 0 Å². The summed E-state index contributed by atoms with van der Waals surface area (Å²) in [6.07, 6.45) is 0. The Labute approximate surface area is 398 Å². The van der Waals surface area contributed by atoms with E-state index in [1.54, 1.807) is 0 Å². The number of benzene rings is 9. The van der Waals surface area contributed by atoms with Gasteiger partial charge in [-0.25, -0.2) is 15.0 Å². The summed E-state index contributed by atoms with van der Waals surface area (Å²) in [6.45, 7) is 9.62. The molecule has 6 nitrogen and oxygen atoms in total. The highest BCUT2D eigenvalue weighted by Gasteiger charge is 2.41. The van der Waals surface area contributed by atoms with E-state index in [-0.39, 0.29) is 10.8 Å². The molecule has 0 atom stereocenters. The summed E-state index contributed by atoms with van der Waals surface area (Å²) in [6, 6.07) is 70.6. The zero-order valence-corrected chi connectivity index (χ0v) is 38.7. The molecular formula is C63H44N6. The topological polar surface area (TPSA) is 53.5 Å². The molecule has 6 heterocycles. The standard InChI is InChI=1S/C63H44N6/c1-62(2)46-25-13-17-29-52(46)69-54-36-44-43-35-40(67-49-27-15-11-23-41(49)42-24-12-16-28-50(42)67)31-32-51(43)68-53-30-18-14-26-47(53)63(3,4)56(58(44)68)55(54)45-33-39(34-48(62)57(45)69)61-65-59(37-19-7-5-8-20-37)64-60(66-61)38-21-9-6-10-22-38/h5-36H,1-4H3. The van der Waals surface area contributed by atoms with Gasteiger partial charge in [0.1, 0.15) is 0 Å². The Kier molecular flexibility index (Phi) is 7.54. The van der Waals surface area contributed by atoms with Crippen LogP contribution in [0.15, 0.2) is 194 Å².